The molecule has 0 spiro atoms. The van der Waals surface area contributed by atoms with Crippen molar-refractivity contribution >= 4 is 0 Å². The van der Waals surface area contributed by atoms with Crippen LogP contribution in [0.15, 0.2) is 0 Å². The van der Waals surface area contributed by atoms with E-state index in [1.807, 2.05) is 0 Å². The summed E-state index contributed by atoms with van der Waals surface area (Å²) in [6.45, 7) is 6.66. The second kappa shape index (κ2) is 3.00. The molecule has 2 heteroatoms. The van der Waals surface area contributed by atoms with Gasteiger partial charge in [-0.2, -0.15) is 0 Å². The van der Waals surface area contributed by atoms with E-state index in [0.29, 0.717) is 11.5 Å². The van der Waals surface area contributed by atoms with Gasteiger partial charge >= 0.3 is 0 Å². The molecule has 3 unspecified atom stereocenters. The number of hydrogen-bond donors (Lipinski definition) is 2. The third-order valence-corrected chi connectivity index (χ3v) is 3.17. The van der Waals surface area contributed by atoms with Gasteiger partial charge in [0.15, 0.2) is 0 Å². The lowest BCUT2D eigenvalue weighted by Crippen LogP contribution is -2.52. The van der Waals surface area contributed by atoms with Crippen molar-refractivity contribution in [1.29, 1.82) is 0 Å². The lowest BCUT2D eigenvalue weighted by molar-refractivity contribution is 0.122. The fraction of sp³-hybridized carbons (Fsp3) is 1.00. The maximum Gasteiger partial charge on any atom is 0.0145 e. The highest BCUT2D eigenvalue weighted by Crippen LogP contribution is 2.41. The molecule has 4 N–H and O–H groups in total. The molecule has 12 heavy (non-hydrogen) atoms. The van der Waals surface area contributed by atoms with Crippen molar-refractivity contribution in [2.24, 2.45) is 16.9 Å². The van der Waals surface area contributed by atoms with Crippen LogP contribution in [-0.2, 0) is 0 Å². The van der Waals surface area contributed by atoms with E-state index in [-0.39, 0.29) is 5.54 Å². The standard InChI is InChI=1S/C10H22N2/c1-4-9(2)5-8(11)6-10(3,12)7-9/h8H,4-7,11-12H2,1-3H3. The maximum atomic E-state index is 6.14. The summed E-state index contributed by atoms with van der Waals surface area (Å²) in [4.78, 5) is 0. The van der Waals surface area contributed by atoms with Crippen LogP contribution in [0.5, 0.6) is 0 Å². The highest BCUT2D eigenvalue weighted by Gasteiger charge is 2.39. The largest absolute Gasteiger partial charge is 0.328 e. The minimum atomic E-state index is -0.0393. The third kappa shape index (κ3) is 2.20. The summed E-state index contributed by atoms with van der Waals surface area (Å²) in [6, 6.07) is 0.304. The zero-order chi connectivity index (χ0) is 9.41. The van der Waals surface area contributed by atoms with Gasteiger partial charge in [-0.25, -0.2) is 0 Å². The third-order valence-electron chi connectivity index (χ3n) is 3.17. The monoisotopic (exact) mass is 170 g/mol. The van der Waals surface area contributed by atoms with Gasteiger partial charge < -0.3 is 11.5 Å². The Hall–Kier alpha value is -0.0800. The minimum absolute atomic E-state index is 0.0393. The first-order chi connectivity index (χ1) is 5.37. The Labute approximate surface area is 75.7 Å². The molecule has 3 atom stereocenters. The molecule has 1 aliphatic carbocycles. The number of nitrogens with two attached hydrogens (primary N) is 2. The molecule has 0 saturated heterocycles. The van der Waals surface area contributed by atoms with E-state index in [2.05, 4.69) is 20.8 Å². The summed E-state index contributed by atoms with van der Waals surface area (Å²) in [5, 5.41) is 0. The molecule has 0 aromatic heterocycles. The first-order valence-corrected chi connectivity index (χ1v) is 4.91. The van der Waals surface area contributed by atoms with E-state index in [1.54, 1.807) is 0 Å². The first kappa shape index (κ1) is 10.0. The van der Waals surface area contributed by atoms with Gasteiger partial charge in [-0.15, -0.1) is 0 Å². The molecular formula is C10H22N2. The summed E-state index contributed by atoms with van der Waals surface area (Å²) < 4.78 is 0. The predicted molar refractivity (Wildman–Crippen MR) is 52.8 cm³/mol. The molecule has 0 heterocycles. The van der Waals surface area contributed by atoms with Crippen molar-refractivity contribution in [3.8, 4) is 0 Å². The van der Waals surface area contributed by atoms with E-state index < -0.39 is 0 Å². The lowest BCUT2D eigenvalue weighted by atomic mass is 9.65. The average molecular weight is 170 g/mol. The summed E-state index contributed by atoms with van der Waals surface area (Å²) in [5.74, 6) is 0. The minimum Gasteiger partial charge on any atom is -0.328 e. The molecule has 0 radical (unpaired) electrons. The fourth-order valence-electron chi connectivity index (χ4n) is 2.69. The smallest absolute Gasteiger partial charge is 0.0145 e. The van der Waals surface area contributed by atoms with Crippen LogP contribution in [0, 0.1) is 5.41 Å². The second-order valence-corrected chi connectivity index (χ2v) is 5.16. The van der Waals surface area contributed by atoms with Gasteiger partial charge in [0.2, 0.25) is 0 Å². The van der Waals surface area contributed by atoms with E-state index in [0.717, 1.165) is 19.3 Å². The van der Waals surface area contributed by atoms with Crippen molar-refractivity contribution in [3.63, 3.8) is 0 Å². The van der Waals surface area contributed by atoms with Gasteiger partial charge in [0.1, 0.15) is 0 Å². The quantitative estimate of drug-likeness (QED) is 0.628. The Morgan fingerprint density at radius 2 is 1.92 bits per heavy atom. The Morgan fingerprint density at radius 3 is 2.33 bits per heavy atom. The molecule has 1 aliphatic rings. The fourth-order valence-corrected chi connectivity index (χ4v) is 2.69. The predicted octanol–water partition coefficient (Wildman–Crippen LogP) is 1.63. The molecule has 0 bridgehead atoms. The van der Waals surface area contributed by atoms with Crippen LogP contribution in [0.25, 0.3) is 0 Å². The molecular weight excluding hydrogens is 148 g/mol. The van der Waals surface area contributed by atoms with Crippen LogP contribution in [0.3, 0.4) is 0 Å². The van der Waals surface area contributed by atoms with Crippen LogP contribution in [0.4, 0.5) is 0 Å². The van der Waals surface area contributed by atoms with Crippen molar-refractivity contribution < 1.29 is 0 Å². The molecule has 0 aromatic carbocycles. The van der Waals surface area contributed by atoms with Gasteiger partial charge in [-0.1, -0.05) is 20.3 Å². The molecule has 1 saturated carbocycles. The van der Waals surface area contributed by atoms with Crippen molar-refractivity contribution in [3.05, 3.63) is 0 Å². The summed E-state index contributed by atoms with van der Waals surface area (Å²) in [6.07, 6.45) is 4.41. The zero-order valence-electron chi connectivity index (χ0n) is 8.56. The van der Waals surface area contributed by atoms with Gasteiger partial charge in [0.05, 0.1) is 0 Å². The molecule has 1 rings (SSSR count). The zero-order valence-corrected chi connectivity index (χ0v) is 8.56. The molecule has 1 fully saturated rings. The Balaban J connectivity index is 2.70. The number of rotatable bonds is 1. The van der Waals surface area contributed by atoms with Gasteiger partial charge in [0, 0.05) is 11.6 Å². The van der Waals surface area contributed by atoms with Crippen LogP contribution >= 0.6 is 0 Å². The van der Waals surface area contributed by atoms with Gasteiger partial charge in [-0.05, 0) is 31.6 Å². The Bertz CT molecular complexity index is 165. The van der Waals surface area contributed by atoms with E-state index in [4.69, 9.17) is 11.5 Å². The van der Waals surface area contributed by atoms with Crippen LogP contribution < -0.4 is 11.5 Å². The van der Waals surface area contributed by atoms with Gasteiger partial charge in [-0.3, -0.25) is 0 Å². The molecule has 0 aromatic rings. The van der Waals surface area contributed by atoms with E-state index >= 15 is 0 Å². The molecule has 0 amide bonds. The van der Waals surface area contributed by atoms with Gasteiger partial charge in [0.25, 0.3) is 0 Å². The van der Waals surface area contributed by atoms with Crippen LogP contribution in [0.2, 0.25) is 0 Å². The van der Waals surface area contributed by atoms with E-state index in [9.17, 15) is 0 Å². The lowest BCUT2D eigenvalue weighted by Gasteiger charge is -2.45. The number of hydrogen-bond acceptors (Lipinski definition) is 2. The van der Waals surface area contributed by atoms with Crippen molar-refractivity contribution in [2.75, 3.05) is 0 Å². The summed E-state index contributed by atoms with van der Waals surface area (Å²) in [7, 11) is 0. The molecule has 0 aliphatic heterocycles. The normalized spacial score (nSPS) is 49.2. The van der Waals surface area contributed by atoms with Crippen molar-refractivity contribution in [2.45, 2.75) is 58.0 Å². The van der Waals surface area contributed by atoms with Crippen molar-refractivity contribution in [1.82, 2.24) is 0 Å². The Kier molecular flexibility index (Phi) is 2.50. The summed E-state index contributed by atoms with van der Waals surface area (Å²) >= 11 is 0. The van der Waals surface area contributed by atoms with Crippen LogP contribution in [-0.4, -0.2) is 11.6 Å². The first-order valence-electron chi connectivity index (χ1n) is 4.91. The highest BCUT2D eigenvalue weighted by atomic mass is 14.8. The average Bonchev–Trinajstić information content (AvgIpc) is 1.82. The molecule has 2 nitrogen and oxygen atoms in total. The van der Waals surface area contributed by atoms with E-state index in [1.165, 1.54) is 6.42 Å². The second-order valence-electron chi connectivity index (χ2n) is 5.16. The Morgan fingerprint density at radius 1 is 1.33 bits per heavy atom. The highest BCUT2D eigenvalue weighted by molar-refractivity contribution is 4.97. The molecule has 72 valence electrons. The summed E-state index contributed by atoms with van der Waals surface area (Å²) in [5.41, 5.74) is 12.5. The SMILES string of the molecule is CCC1(C)CC(N)CC(C)(N)C1. The topological polar surface area (TPSA) is 52.0 Å². The van der Waals surface area contributed by atoms with Crippen LogP contribution in [0.1, 0.15) is 46.5 Å². The maximum absolute atomic E-state index is 6.14.